The van der Waals surface area contributed by atoms with Crippen LogP contribution in [-0.2, 0) is 9.47 Å². The quantitative estimate of drug-likeness (QED) is 0.778. The molecule has 1 N–H and O–H groups in total. The average molecular weight is 243 g/mol. The number of ether oxygens (including phenoxy) is 2. The molecule has 0 spiro atoms. The molecule has 0 radical (unpaired) electrons. The number of likely N-dealkylation sites (N-methyl/N-ethyl adjacent to an activating group) is 1. The fourth-order valence-corrected chi connectivity index (χ4v) is 2.54. The first-order chi connectivity index (χ1) is 7.99. The Morgan fingerprint density at radius 2 is 2.06 bits per heavy atom. The molecule has 1 saturated carbocycles. The molecule has 1 fully saturated rings. The van der Waals surface area contributed by atoms with E-state index < -0.39 is 0 Å². The van der Waals surface area contributed by atoms with Crippen molar-refractivity contribution in [3.05, 3.63) is 0 Å². The summed E-state index contributed by atoms with van der Waals surface area (Å²) in [4.78, 5) is 0. The first-order valence-corrected chi connectivity index (χ1v) is 6.83. The first-order valence-electron chi connectivity index (χ1n) is 6.83. The Bertz CT molecular complexity index is 218. The predicted octanol–water partition coefficient (Wildman–Crippen LogP) is 2.59. The van der Waals surface area contributed by atoms with Crippen molar-refractivity contribution in [1.29, 1.82) is 0 Å². The topological polar surface area (TPSA) is 30.5 Å². The zero-order valence-corrected chi connectivity index (χ0v) is 12.1. The van der Waals surface area contributed by atoms with Crippen molar-refractivity contribution in [3.63, 3.8) is 0 Å². The van der Waals surface area contributed by atoms with Gasteiger partial charge in [-0.25, -0.2) is 0 Å². The second kappa shape index (κ2) is 6.72. The molecule has 1 aliphatic carbocycles. The smallest absolute Gasteiger partial charge is 0.0797 e. The first kappa shape index (κ1) is 14.9. The molecular weight excluding hydrogens is 214 g/mol. The SMILES string of the molecule is CNC(COC1CCCC(C)C1)C(C)(C)OC. The third kappa shape index (κ3) is 4.57. The van der Waals surface area contributed by atoms with Gasteiger partial charge in [-0.15, -0.1) is 0 Å². The Balaban J connectivity index is 2.37. The number of methoxy groups -OCH3 is 1. The van der Waals surface area contributed by atoms with Crippen molar-refractivity contribution in [2.45, 2.75) is 64.2 Å². The summed E-state index contributed by atoms with van der Waals surface area (Å²) in [5.74, 6) is 0.817. The highest BCUT2D eigenvalue weighted by Gasteiger charge is 2.29. The van der Waals surface area contributed by atoms with Crippen LogP contribution < -0.4 is 5.32 Å². The lowest BCUT2D eigenvalue weighted by Gasteiger charge is -2.35. The van der Waals surface area contributed by atoms with Crippen LogP contribution in [0.5, 0.6) is 0 Å². The van der Waals surface area contributed by atoms with Crippen LogP contribution in [0.2, 0.25) is 0 Å². The molecule has 3 heteroatoms. The third-order valence-electron chi connectivity index (χ3n) is 4.10. The Morgan fingerprint density at radius 3 is 2.59 bits per heavy atom. The van der Waals surface area contributed by atoms with Gasteiger partial charge in [0.1, 0.15) is 0 Å². The van der Waals surface area contributed by atoms with Crippen molar-refractivity contribution in [2.24, 2.45) is 5.92 Å². The van der Waals surface area contributed by atoms with Gasteiger partial charge >= 0.3 is 0 Å². The summed E-state index contributed by atoms with van der Waals surface area (Å²) >= 11 is 0. The van der Waals surface area contributed by atoms with Gasteiger partial charge in [0.05, 0.1) is 24.4 Å². The Kier molecular flexibility index (Phi) is 5.90. The molecule has 0 aromatic rings. The normalized spacial score (nSPS) is 28.1. The maximum Gasteiger partial charge on any atom is 0.0797 e. The van der Waals surface area contributed by atoms with Crippen LogP contribution in [0.25, 0.3) is 0 Å². The minimum absolute atomic E-state index is 0.185. The van der Waals surface area contributed by atoms with E-state index in [4.69, 9.17) is 9.47 Å². The minimum atomic E-state index is -0.185. The molecule has 3 unspecified atom stereocenters. The number of nitrogens with one attached hydrogen (secondary N) is 1. The summed E-state index contributed by atoms with van der Waals surface area (Å²) in [6.07, 6.45) is 5.54. The monoisotopic (exact) mass is 243 g/mol. The van der Waals surface area contributed by atoms with E-state index in [2.05, 4.69) is 26.1 Å². The van der Waals surface area contributed by atoms with Crippen LogP contribution in [0.3, 0.4) is 0 Å². The highest BCUT2D eigenvalue weighted by molar-refractivity contribution is 4.85. The van der Waals surface area contributed by atoms with E-state index in [0.29, 0.717) is 6.10 Å². The average Bonchev–Trinajstić information content (AvgIpc) is 2.29. The van der Waals surface area contributed by atoms with Crippen molar-refractivity contribution >= 4 is 0 Å². The molecule has 0 amide bonds. The summed E-state index contributed by atoms with van der Waals surface area (Å²) < 4.78 is 11.6. The van der Waals surface area contributed by atoms with E-state index in [1.54, 1.807) is 7.11 Å². The van der Waals surface area contributed by atoms with Crippen LogP contribution in [0, 0.1) is 5.92 Å². The maximum atomic E-state index is 6.05. The van der Waals surface area contributed by atoms with E-state index in [1.165, 1.54) is 25.7 Å². The standard InChI is InChI=1S/C14H29NO2/c1-11-7-6-8-12(9-11)17-10-13(15-4)14(2,3)16-5/h11-13,15H,6-10H2,1-5H3. The maximum absolute atomic E-state index is 6.05. The second-order valence-electron chi connectivity index (χ2n) is 5.88. The van der Waals surface area contributed by atoms with E-state index >= 15 is 0 Å². The van der Waals surface area contributed by atoms with Crippen LogP contribution in [0.1, 0.15) is 46.5 Å². The molecule has 0 aromatic carbocycles. The Hall–Kier alpha value is -0.120. The molecule has 0 aromatic heterocycles. The minimum Gasteiger partial charge on any atom is -0.377 e. The van der Waals surface area contributed by atoms with E-state index in [-0.39, 0.29) is 11.6 Å². The highest BCUT2D eigenvalue weighted by atomic mass is 16.5. The lowest BCUT2D eigenvalue weighted by Crippen LogP contribution is -2.50. The van der Waals surface area contributed by atoms with Gasteiger partial charge in [0.2, 0.25) is 0 Å². The van der Waals surface area contributed by atoms with Gasteiger partial charge in [0.15, 0.2) is 0 Å². The van der Waals surface area contributed by atoms with Gasteiger partial charge < -0.3 is 14.8 Å². The van der Waals surface area contributed by atoms with Crippen molar-refractivity contribution < 1.29 is 9.47 Å². The fourth-order valence-electron chi connectivity index (χ4n) is 2.54. The molecule has 0 saturated heterocycles. The van der Waals surface area contributed by atoms with Crippen molar-refractivity contribution in [1.82, 2.24) is 5.32 Å². The van der Waals surface area contributed by atoms with Gasteiger partial charge in [-0.05, 0) is 39.7 Å². The van der Waals surface area contributed by atoms with Crippen LogP contribution in [0.15, 0.2) is 0 Å². The predicted molar refractivity (Wildman–Crippen MR) is 71.3 cm³/mol. The van der Waals surface area contributed by atoms with Gasteiger partial charge in [-0.3, -0.25) is 0 Å². The number of hydrogen-bond donors (Lipinski definition) is 1. The zero-order valence-electron chi connectivity index (χ0n) is 12.1. The number of rotatable bonds is 6. The number of hydrogen-bond acceptors (Lipinski definition) is 3. The molecule has 102 valence electrons. The van der Waals surface area contributed by atoms with Gasteiger partial charge in [0.25, 0.3) is 0 Å². The summed E-state index contributed by atoms with van der Waals surface area (Å²) in [5.41, 5.74) is -0.185. The van der Waals surface area contributed by atoms with Crippen LogP contribution in [-0.4, -0.2) is 38.5 Å². The van der Waals surface area contributed by atoms with E-state index in [1.807, 2.05) is 7.05 Å². The highest BCUT2D eigenvalue weighted by Crippen LogP contribution is 2.26. The molecule has 0 aliphatic heterocycles. The third-order valence-corrected chi connectivity index (χ3v) is 4.10. The van der Waals surface area contributed by atoms with Gasteiger partial charge in [-0.2, -0.15) is 0 Å². The summed E-state index contributed by atoms with van der Waals surface area (Å²) in [6.45, 7) is 7.25. The fraction of sp³-hybridized carbons (Fsp3) is 1.00. The Labute approximate surface area is 106 Å². The zero-order chi connectivity index (χ0) is 12.9. The van der Waals surface area contributed by atoms with Gasteiger partial charge in [0, 0.05) is 7.11 Å². The molecule has 3 nitrogen and oxygen atoms in total. The van der Waals surface area contributed by atoms with Crippen LogP contribution >= 0.6 is 0 Å². The molecule has 1 rings (SSSR count). The van der Waals surface area contributed by atoms with Crippen molar-refractivity contribution in [3.8, 4) is 0 Å². The summed E-state index contributed by atoms with van der Waals surface area (Å²) in [5, 5.41) is 3.29. The van der Waals surface area contributed by atoms with E-state index in [0.717, 1.165) is 12.5 Å². The van der Waals surface area contributed by atoms with E-state index in [9.17, 15) is 0 Å². The molecule has 0 bridgehead atoms. The molecule has 3 atom stereocenters. The van der Waals surface area contributed by atoms with Crippen molar-refractivity contribution in [2.75, 3.05) is 20.8 Å². The molecule has 17 heavy (non-hydrogen) atoms. The lowest BCUT2D eigenvalue weighted by molar-refractivity contribution is -0.0609. The second-order valence-corrected chi connectivity index (χ2v) is 5.88. The van der Waals surface area contributed by atoms with Gasteiger partial charge in [-0.1, -0.05) is 19.8 Å². The summed E-state index contributed by atoms with van der Waals surface area (Å²) in [6, 6.07) is 0.240. The molecular formula is C14H29NO2. The molecule has 0 heterocycles. The Morgan fingerprint density at radius 1 is 1.35 bits per heavy atom. The summed E-state index contributed by atoms with van der Waals surface area (Å²) in [7, 11) is 3.73. The van der Waals surface area contributed by atoms with Crippen LogP contribution in [0.4, 0.5) is 0 Å². The largest absolute Gasteiger partial charge is 0.377 e. The molecule has 1 aliphatic rings. The lowest BCUT2D eigenvalue weighted by atomic mass is 9.88.